The van der Waals surface area contributed by atoms with E-state index in [4.69, 9.17) is 4.74 Å². The van der Waals surface area contributed by atoms with Crippen molar-refractivity contribution in [3.05, 3.63) is 46.2 Å². The number of carbonyl (C=O) groups excluding carboxylic acids is 1. The number of hydrogen-bond acceptors (Lipinski definition) is 4. The van der Waals surface area contributed by atoms with Gasteiger partial charge >= 0.3 is 0 Å². The molecule has 0 radical (unpaired) electrons. The van der Waals surface area contributed by atoms with Crippen LogP contribution in [0.5, 0.6) is 0 Å². The van der Waals surface area contributed by atoms with Gasteiger partial charge in [0, 0.05) is 35.6 Å². The molecule has 2 N–H and O–H groups in total. The zero-order valence-corrected chi connectivity index (χ0v) is 16.4. The second-order valence-electron chi connectivity index (χ2n) is 5.83. The summed E-state index contributed by atoms with van der Waals surface area (Å²) in [6, 6.07) is 7.74. The monoisotopic (exact) mass is 428 g/mol. The largest absolute Gasteiger partial charge is 0.380 e. The van der Waals surface area contributed by atoms with Gasteiger partial charge in [-0.2, -0.15) is 5.10 Å². The molecule has 1 aromatic carbocycles. The number of nitrogens with one attached hydrogen (secondary N) is 2. The van der Waals surface area contributed by atoms with Crippen LogP contribution in [0.4, 0.5) is 5.69 Å². The second kappa shape index (κ2) is 9.33. The van der Waals surface area contributed by atoms with Crippen molar-refractivity contribution in [2.75, 3.05) is 25.5 Å². The predicted octanol–water partition coefficient (Wildman–Crippen LogP) is 3.39. The molecule has 25 heavy (non-hydrogen) atoms. The Morgan fingerprint density at radius 3 is 3.04 bits per heavy atom. The number of anilines is 1. The molecule has 136 valence electrons. The first kappa shape index (κ1) is 19.9. The van der Waals surface area contributed by atoms with Crippen molar-refractivity contribution < 1.29 is 9.53 Å². The second-order valence-corrected chi connectivity index (χ2v) is 6.69. The zero-order chi connectivity index (χ0) is 16.9. The van der Waals surface area contributed by atoms with E-state index in [1.54, 1.807) is 13.2 Å². The lowest BCUT2D eigenvalue weighted by Gasteiger charge is -2.22. The fourth-order valence-corrected chi connectivity index (χ4v) is 3.36. The van der Waals surface area contributed by atoms with E-state index >= 15 is 0 Å². The molecule has 0 aliphatic carbocycles. The molecule has 1 atom stereocenters. The molecule has 1 unspecified atom stereocenters. The van der Waals surface area contributed by atoms with Crippen LogP contribution in [-0.2, 0) is 11.3 Å². The van der Waals surface area contributed by atoms with E-state index in [2.05, 4.69) is 31.7 Å². The lowest BCUT2D eigenvalue weighted by atomic mass is 10.1. The molecule has 1 fully saturated rings. The highest BCUT2D eigenvalue weighted by atomic mass is 79.9. The molecule has 0 saturated carbocycles. The summed E-state index contributed by atoms with van der Waals surface area (Å²) >= 11 is 3.49. The predicted molar refractivity (Wildman–Crippen MR) is 103 cm³/mol. The van der Waals surface area contributed by atoms with Crippen LogP contribution in [-0.4, -0.2) is 35.9 Å². The molecule has 8 heteroatoms. The van der Waals surface area contributed by atoms with Gasteiger partial charge < -0.3 is 15.4 Å². The highest BCUT2D eigenvalue weighted by Crippen LogP contribution is 2.26. The Morgan fingerprint density at radius 1 is 1.48 bits per heavy atom. The molecule has 0 bridgehead atoms. The van der Waals surface area contributed by atoms with Crippen LogP contribution in [0.25, 0.3) is 0 Å². The minimum Gasteiger partial charge on any atom is -0.380 e. The Morgan fingerprint density at radius 2 is 2.32 bits per heavy atom. The summed E-state index contributed by atoms with van der Waals surface area (Å²) in [4.78, 5) is 12.5. The Balaban J connectivity index is 0.00000225. The molecule has 1 aliphatic heterocycles. The van der Waals surface area contributed by atoms with Crippen LogP contribution < -0.4 is 10.6 Å². The minimum atomic E-state index is -0.215. The smallest absolute Gasteiger partial charge is 0.276 e. The van der Waals surface area contributed by atoms with Gasteiger partial charge in [0.05, 0.1) is 12.6 Å². The average Bonchev–Trinajstić information content (AvgIpc) is 3.09. The highest BCUT2D eigenvalue weighted by molar-refractivity contribution is 9.10. The standard InChI is InChI=1S/C17H21BrN4O2.ClH/c1-24-11-13-14(18)5-2-6-15(13)20-17(23)16-7-9-22(21-16)12-4-3-8-19-10-12;/h2,5-7,9,12,19H,3-4,8,10-11H2,1H3,(H,20,23);1H. The molecule has 0 spiro atoms. The Kier molecular flexibility index (Phi) is 7.43. The fraction of sp³-hybridized carbons (Fsp3) is 0.412. The number of nitrogens with zero attached hydrogens (tertiary/aromatic N) is 2. The quantitative estimate of drug-likeness (QED) is 0.764. The van der Waals surface area contributed by atoms with Crippen molar-refractivity contribution in [2.24, 2.45) is 0 Å². The molecule has 1 aliphatic rings. The number of carbonyl (C=O) groups is 1. The Hall–Kier alpha value is -1.41. The maximum atomic E-state index is 12.5. The summed E-state index contributed by atoms with van der Waals surface area (Å²) in [6.45, 7) is 2.36. The first-order valence-corrected chi connectivity index (χ1v) is 8.82. The lowest BCUT2D eigenvalue weighted by molar-refractivity contribution is 0.102. The number of hydrogen-bond donors (Lipinski definition) is 2. The van der Waals surface area contributed by atoms with Gasteiger partial charge in [0.2, 0.25) is 0 Å². The number of ether oxygens (including phenoxy) is 1. The number of halogens is 2. The van der Waals surface area contributed by atoms with Crippen molar-refractivity contribution >= 4 is 39.9 Å². The number of amides is 1. The average molecular weight is 430 g/mol. The van der Waals surface area contributed by atoms with Gasteiger partial charge in [0.1, 0.15) is 0 Å². The number of aromatic nitrogens is 2. The Labute approximate surface area is 161 Å². The van der Waals surface area contributed by atoms with Gasteiger partial charge in [0.25, 0.3) is 5.91 Å². The van der Waals surface area contributed by atoms with Crippen LogP contribution in [0.1, 0.15) is 34.9 Å². The van der Waals surface area contributed by atoms with Crippen LogP contribution in [0.2, 0.25) is 0 Å². The third-order valence-electron chi connectivity index (χ3n) is 4.14. The van der Waals surface area contributed by atoms with Gasteiger partial charge in [-0.15, -0.1) is 12.4 Å². The highest BCUT2D eigenvalue weighted by Gasteiger charge is 2.18. The van der Waals surface area contributed by atoms with Crippen LogP contribution >= 0.6 is 28.3 Å². The number of rotatable bonds is 5. The Bertz CT molecular complexity index is 716. The van der Waals surface area contributed by atoms with Crippen molar-refractivity contribution in [1.29, 1.82) is 0 Å². The maximum absolute atomic E-state index is 12.5. The summed E-state index contributed by atoms with van der Waals surface area (Å²) in [5.74, 6) is -0.215. The van der Waals surface area contributed by atoms with Crippen molar-refractivity contribution in [2.45, 2.75) is 25.5 Å². The van der Waals surface area contributed by atoms with Gasteiger partial charge in [0.15, 0.2) is 5.69 Å². The molecule has 1 amide bonds. The summed E-state index contributed by atoms with van der Waals surface area (Å²) in [7, 11) is 1.63. The van der Waals surface area contributed by atoms with Crippen molar-refractivity contribution in [1.82, 2.24) is 15.1 Å². The van der Waals surface area contributed by atoms with Crippen LogP contribution in [0.3, 0.4) is 0 Å². The molecule has 2 aromatic rings. The number of methoxy groups -OCH3 is 1. The van der Waals surface area contributed by atoms with Gasteiger partial charge in [-0.3, -0.25) is 9.48 Å². The van der Waals surface area contributed by atoms with Crippen LogP contribution in [0.15, 0.2) is 34.9 Å². The summed E-state index contributed by atoms with van der Waals surface area (Å²) in [5, 5.41) is 10.7. The molecule has 3 rings (SSSR count). The zero-order valence-electron chi connectivity index (χ0n) is 14.0. The minimum absolute atomic E-state index is 0. The van der Waals surface area contributed by atoms with Gasteiger partial charge in [-0.25, -0.2) is 0 Å². The third-order valence-corrected chi connectivity index (χ3v) is 4.88. The molecular weight excluding hydrogens is 408 g/mol. The topological polar surface area (TPSA) is 68.2 Å². The molecular formula is C17H22BrClN4O2. The van der Waals surface area contributed by atoms with E-state index in [-0.39, 0.29) is 18.3 Å². The molecule has 1 aromatic heterocycles. The number of piperidine rings is 1. The molecule has 2 heterocycles. The maximum Gasteiger partial charge on any atom is 0.276 e. The third kappa shape index (κ3) is 4.82. The van der Waals surface area contributed by atoms with Gasteiger partial charge in [-0.05, 0) is 37.6 Å². The number of benzene rings is 1. The molecule has 6 nitrogen and oxygen atoms in total. The summed E-state index contributed by atoms with van der Waals surface area (Å²) in [6.07, 6.45) is 4.09. The van der Waals surface area contributed by atoms with Gasteiger partial charge in [-0.1, -0.05) is 22.0 Å². The van der Waals surface area contributed by atoms with Crippen LogP contribution in [0, 0.1) is 0 Å². The normalized spacial score (nSPS) is 17.0. The van der Waals surface area contributed by atoms with E-state index in [0.717, 1.165) is 41.7 Å². The molecule has 1 saturated heterocycles. The van der Waals surface area contributed by atoms with E-state index < -0.39 is 0 Å². The van der Waals surface area contributed by atoms with E-state index in [0.29, 0.717) is 18.3 Å². The fourth-order valence-electron chi connectivity index (χ4n) is 2.87. The van der Waals surface area contributed by atoms with E-state index in [1.807, 2.05) is 29.1 Å². The van der Waals surface area contributed by atoms with Crippen molar-refractivity contribution in [3.8, 4) is 0 Å². The SMILES string of the molecule is COCc1c(Br)cccc1NC(=O)c1ccn(C2CCCNC2)n1.Cl. The van der Waals surface area contributed by atoms with E-state index in [9.17, 15) is 4.79 Å². The summed E-state index contributed by atoms with van der Waals surface area (Å²) < 4.78 is 8.00. The van der Waals surface area contributed by atoms with Crippen molar-refractivity contribution in [3.63, 3.8) is 0 Å². The van der Waals surface area contributed by atoms with E-state index in [1.165, 1.54) is 0 Å². The lowest BCUT2D eigenvalue weighted by Crippen LogP contribution is -2.32. The first-order valence-electron chi connectivity index (χ1n) is 8.02. The first-order chi connectivity index (χ1) is 11.7. The summed E-state index contributed by atoms with van der Waals surface area (Å²) in [5.41, 5.74) is 2.05.